The number of nitrogens with zero attached hydrogens (tertiary/aromatic N) is 2. The molecule has 0 bridgehead atoms. The highest BCUT2D eigenvalue weighted by Gasteiger charge is 1.93. The number of rotatable bonds is 2. The van der Waals surface area contributed by atoms with Gasteiger partial charge in [0.05, 0.1) is 17.6 Å². The Hall–Kier alpha value is -1.54. The lowest BCUT2D eigenvalue weighted by Gasteiger charge is -1.96. The van der Waals surface area contributed by atoms with Crippen LogP contribution in [0.3, 0.4) is 0 Å². The second-order valence-corrected chi connectivity index (χ2v) is 3.72. The molecule has 0 saturated heterocycles. The summed E-state index contributed by atoms with van der Waals surface area (Å²) in [5.41, 5.74) is 1.93. The van der Waals surface area contributed by atoms with Gasteiger partial charge in [-0.15, -0.1) is 0 Å². The first kappa shape index (κ1) is 9.99. The number of aryl methyl sites for hydroxylation is 1. The summed E-state index contributed by atoms with van der Waals surface area (Å²) < 4.78 is 2.01. The fourth-order valence-corrected chi connectivity index (χ4v) is 1.49. The third-order valence-electron chi connectivity index (χ3n) is 2.14. The van der Waals surface area contributed by atoms with Crippen LogP contribution in [0.15, 0.2) is 47.6 Å². The van der Waals surface area contributed by atoms with Crippen LogP contribution in [0.25, 0.3) is 0 Å². The van der Waals surface area contributed by atoms with Gasteiger partial charge in [-0.05, 0) is 30.3 Å². The summed E-state index contributed by atoms with van der Waals surface area (Å²) in [6.45, 7) is 0. The lowest BCUT2D eigenvalue weighted by Crippen LogP contribution is -1.91. The Morgan fingerprint density at radius 3 is 2.80 bits per heavy atom. The maximum absolute atomic E-state index is 5.86. The lowest BCUT2D eigenvalue weighted by atomic mass is 10.3. The van der Waals surface area contributed by atoms with Crippen molar-refractivity contribution in [2.75, 3.05) is 0 Å². The highest BCUT2D eigenvalue weighted by atomic mass is 35.5. The van der Waals surface area contributed by atoms with E-state index in [2.05, 4.69) is 4.99 Å². The van der Waals surface area contributed by atoms with E-state index in [1.807, 2.05) is 60.4 Å². The molecule has 0 spiro atoms. The second kappa shape index (κ2) is 4.32. The van der Waals surface area contributed by atoms with Crippen LogP contribution in [0, 0.1) is 0 Å². The van der Waals surface area contributed by atoms with Crippen LogP contribution >= 0.6 is 11.6 Å². The normalized spacial score (nSPS) is 11.1. The minimum Gasteiger partial charge on any atom is -0.350 e. The number of aliphatic imine (C=N–C) groups is 1. The van der Waals surface area contributed by atoms with Crippen LogP contribution in [0.4, 0.5) is 5.69 Å². The maximum Gasteiger partial charge on any atom is 0.0645 e. The Kier molecular flexibility index (Phi) is 2.88. The molecule has 1 aromatic heterocycles. The van der Waals surface area contributed by atoms with E-state index in [1.165, 1.54) is 0 Å². The van der Waals surface area contributed by atoms with Crippen molar-refractivity contribution in [3.05, 3.63) is 53.3 Å². The molecule has 1 heterocycles. The van der Waals surface area contributed by atoms with Crippen LogP contribution in [-0.4, -0.2) is 10.8 Å². The van der Waals surface area contributed by atoms with Gasteiger partial charge in [0.25, 0.3) is 0 Å². The van der Waals surface area contributed by atoms with Crippen LogP contribution in [0.5, 0.6) is 0 Å². The fourth-order valence-electron chi connectivity index (χ4n) is 1.31. The molecule has 76 valence electrons. The Morgan fingerprint density at radius 2 is 2.13 bits per heavy atom. The summed E-state index contributed by atoms with van der Waals surface area (Å²) in [6, 6.07) is 11.5. The first-order chi connectivity index (χ1) is 7.25. The van der Waals surface area contributed by atoms with Crippen LogP contribution in [0.1, 0.15) is 5.69 Å². The van der Waals surface area contributed by atoms with E-state index in [0.29, 0.717) is 5.02 Å². The lowest BCUT2D eigenvalue weighted by molar-refractivity contribution is 0.918. The zero-order valence-electron chi connectivity index (χ0n) is 8.39. The Morgan fingerprint density at radius 1 is 1.27 bits per heavy atom. The van der Waals surface area contributed by atoms with Crippen molar-refractivity contribution in [2.24, 2.45) is 12.0 Å². The van der Waals surface area contributed by atoms with Gasteiger partial charge in [-0.2, -0.15) is 0 Å². The van der Waals surface area contributed by atoms with Gasteiger partial charge in [0.15, 0.2) is 0 Å². The minimum absolute atomic E-state index is 0.705. The van der Waals surface area contributed by atoms with Gasteiger partial charge in [0, 0.05) is 18.3 Å². The maximum atomic E-state index is 5.86. The third-order valence-corrected chi connectivity index (χ3v) is 2.37. The summed E-state index contributed by atoms with van der Waals surface area (Å²) in [6.07, 6.45) is 3.81. The summed E-state index contributed by atoms with van der Waals surface area (Å²) in [5.74, 6) is 0. The molecule has 0 radical (unpaired) electrons. The number of hydrogen-bond acceptors (Lipinski definition) is 1. The van der Waals surface area contributed by atoms with E-state index >= 15 is 0 Å². The van der Waals surface area contributed by atoms with E-state index in [0.717, 1.165) is 11.4 Å². The van der Waals surface area contributed by atoms with Crippen molar-refractivity contribution in [3.8, 4) is 0 Å². The van der Waals surface area contributed by atoms with Crippen LogP contribution in [-0.2, 0) is 7.05 Å². The van der Waals surface area contributed by atoms with Crippen molar-refractivity contribution < 1.29 is 0 Å². The number of halogens is 1. The average Bonchev–Trinajstić information content (AvgIpc) is 2.61. The van der Waals surface area contributed by atoms with Gasteiger partial charge in [0.2, 0.25) is 0 Å². The molecule has 3 heteroatoms. The molecular formula is C12H11ClN2. The molecule has 0 atom stereocenters. The van der Waals surface area contributed by atoms with Gasteiger partial charge >= 0.3 is 0 Å². The van der Waals surface area contributed by atoms with Gasteiger partial charge in [-0.25, -0.2) is 0 Å². The molecule has 0 saturated carbocycles. The summed E-state index contributed by atoms with van der Waals surface area (Å²) in [7, 11) is 1.99. The smallest absolute Gasteiger partial charge is 0.0645 e. The molecule has 2 nitrogen and oxygen atoms in total. The van der Waals surface area contributed by atoms with Crippen molar-refractivity contribution in [2.45, 2.75) is 0 Å². The Balaban J connectivity index is 2.22. The molecule has 0 aliphatic heterocycles. The summed E-state index contributed by atoms with van der Waals surface area (Å²) in [5, 5.41) is 0.705. The predicted octanol–water partition coefficient (Wildman–Crippen LogP) is 3.43. The second-order valence-electron chi connectivity index (χ2n) is 3.28. The first-order valence-corrected chi connectivity index (χ1v) is 5.04. The van der Waals surface area contributed by atoms with Gasteiger partial charge in [-0.1, -0.05) is 17.7 Å². The molecule has 0 unspecified atom stereocenters. The Labute approximate surface area is 93.8 Å². The van der Waals surface area contributed by atoms with E-state index < -0.39 is 0 Å². The highest BCUT2D eigenvalue weighted by Crippen LogP contribution is 2.17. The van der Waals surface area contributed by atoms with Gasteiger partial charge in [-0.3, -0.25) is 4.99 Å². The number of aromatic nitrogens is 1. The van der Waals surface area contributed by atoms with Gasteiger partial charge in [0.1, 0.15) is 0 Å². The van der Waals surface area contributed by atoms with E-state index in [4.69, 9.17) is 11.6 Å². The molecule has 0 amide bonds. The zero-order valence-corrected chi connectivity index (χ0v) is 9.15. The molecule has 0 fully saturated rings. The van der Waals surface area contributed by atoms with Crippen LogP contribution < -0.4 is 0 Å². The largest absolute Gasteiger partial charge is 0.350 e. The zero-order chi connectivity index (χ0) is 10.7. The number of hydrogen-bond donors (Lipinski definition) is 0. The van der Waals surface area contributed by atoms with Crippen molar-refractivity contribution in [1.29, 1.82) is 0 Å². The molecule has 2 rings (SSSR count). The number of benzene rings is 1. The molecule has 0 aliphatic rings. The fraction of sp³-hybridized carbons (Fsp3) is 0.0833. The quantitative estimate of drug-likeness (QED) is 0.688. The van der Waals surface area contributed by atoms with Crippen molar-refractivity contribution >= 4 is 23.5 Å². The van der Waals surface area contributed by atoms with E-state index in [1.54, 1.807) is 0 Å². The monoisotopic (exact) mass is 218 g/mol. The topological polar surface area (TPSA) is 17.3 Å². The van der Waals surface area contributed by atoms with Gasteiger partial charge < -0.3 is 4.57 Å². The summed E-state index contributed by atoms with van der Waals surface area (Å²) >= 11 is 5.86. The van der Waals surface area contributed by atoms with Crippen molar-refractivity contribution in [3.63, 3.8) is 0 Å². The van der Waals surface area contributed by atoms with E-state index in [-0.39, 0.29) is 0 Å². The summed E-state index contributed by atoms with van der Waals surface area (Å²) in [4.78, 5) is 4.34. The van der Waals surface area contributed by atoms with Crippen LogP contribution in [0.2, 0.25) is 5.02 Å². The molecule has 2 aromatic rings. The molecule has 1 aromatic carbocycles. The predicted molar refractivity (Wildman–Crippen MR) is 64.1 cm³/mol. The SMILES string of the molecule is Cn1cccc1C=Nc1cccc(Cl)c1. The minimum atomic E-state index is 0.705. The molecular weight excluding hydrogens is 208 g/mol. The van der Waals surface area contributed by atoms with E-state index in [9.17, 15) is 0 Å². The molecule has 0 aliphatic carbocycles. The average molecular weight is 219 g/mol. The first-order valence-electron chi connectivity index (χ1n) is 4.67. The van der Waals surface area contributed by atoms with Crippen molar-refractivity contribution in [1.82, 2.24) is 4.57 Å². The third kappa shape index (κ3) is 2.48. The molecule has 0 N–H and O–H groups in total. The Bertz CT molecular complexity index is 486. The standard InChI is InChI=1S/C12H11ClN2/c1-15-7-3-6-12(15)9-14-11-5-2-4-10(13)8-11/h2-9H,1H3. The molecule has 15 heavy (non-hydrogen) atoms. The highest BCUT2D eigenvalue weighted by molar-refractivity contribution is 6.30.